The minimum atomic E-state index is -3.92. The molecule has 1 aromatic rings. The van der Waals surface area contributed by atoms with Crippen LogP contribution in [0.2, 0.25) is 10.0 Å². The summed E-state index contributed by atoms with van der Waals surface area (Å²) < 4.78 is 26.7. The lowest BCUT2D eigenvalue weighted by atomic mass is 10.2. The van der Waals surface area contributed by atoms with Crippen LogP contribution >= 0.6 is 23.2 Å². The Hall–Kier alpha value is -0.860. The SMILES string of the molecule is CN(C)CCCNS(=O)(=O)c1cc(Cl)cc(C(=O)O)c1Cl. The molecule has 0 aliphatic carbocycles. The van der Waals surface area contributed by atoms with Crippen LogP contribution in [-0.4, -0.2) is 51.6 Å². The number of carboxylic acid groups (broad SMARTS) is 1. The number of hydrogen-bond acceptors (Lipinski definition) is 4. The molecule has 0 aromatic heterocycles. The molecule has 0 aliphatic heterocycles. The Morgan fingerprint density at radius 1 is 1.33 bits per heavy atom. The molecular weight excluding hydrogens is 339 g/mol. The van der Waals surface area contributed by atoms with Crippen LogP contribution in [0.1, 0.15) is 16.8 Å². The number of rotatable bonds is 7. The van der Waals surface area contributed by atoms with Crippen LogP contribution in [0.3, 0.4) is 0 Å². The van der Waals surface area contributed by atoms with E-state index in [4.69, 9.17) is 28.3 Å². The highest BCUT2D eigenvalue weighted by molar-refractivity contribution is 7.89. The fourth-order valence-corrected chi connectivity index (χ4v) is 3.57. The van der Waals surface area contributed by atoms with Crippen molar-refractivity contribution >= 4 is 39.2 Å². The second-order valence-electron chi connectivity index (χ2n) is 4.63. The summed E-state index contributed by atoms with van der Waals surface area (Å²) in [5, 5.41) is 8.63. The number of aromatic carboxylic acids is 1. The smallest absolute Gasteiger partial charge is 0.337 e. The number of hydrogen-bond donors (Lipinski definition) is 2. The van der Waals surface area contributed by atoms with Gasteiger partial charge in [-0.15, -0.1) is 0 Å². The predicted molar refractivity (Wildman–Crippen MR) is 81.8 cm³/mol. The van der Waals surface area contributed by atoms with E-state index in [0.717, 1.165) is 12.1 Å². The maximum absolute atomic E-state index is 12.2. The van der Waals surface area contributed by atoms with Gasteiger partial charge in [0, 0.05) is 11.6 Å². The number of benzene rings is 1. The van der Waals surface area contributed by atoms with Crippen molar-refractivity contribution in [2.45, 2.75) is 11.3 Å². The van der Waals surface area contributed by atoms with Crippen LogP contribution in [0.15, 0.2) is 17.0 Å². The number of sulfonamides is 1. The Bertz CT molecular complexity index is 632. The molecule has 9 heteroatoms. The zero-order valence-electron chi connectivity index (χ0n) is 11.6. The molecule has 0 fully saturated rings. The maximum Gasteiger partial charge on any atom is 0.337 e. The molecule has 0 bridgehead atoms. The van der Waals surface area contributed by atoms with Gasteiger partial charge in [0.2, 0.25) is 10.0 Å². The normalized spacial score (nSPS) is 11.9. The first-order valence-electron chi connectivity index (χ1n) is 6.02. The van der Waals surface area contributed by atoms with Gasteiger partial charge in [0.05, 0.1) is 10.6 Å². The van der Waals surface area contributed by atoms with E-state index >= 15 is 0 Å². The zero-order chi connectivity index (χ0) is 16.2. The molecule has 0 amide bonds. The average molecular weight is 355 g/mol. The summed E-state index contributed by atoms with van der Waals surface area (Å²) in [4.78, 5) is 12.6. The summed E-state index contributed by atoms with van der Waals surface area (Å²) in [6.45, 7) is 0.929. The third-order valence-electron chi connectivity index (χ3n) is 2.60. The maximum atomic E-state index is 12.2. The molecule has 2 N–H and O–H groups in total. The van der Waals surface area contributed by atoms with Crippen LogP contribution in [0.4, 0.5) is 0 Å². The summed E-state index contributed by atoms with van der Waals surface area (Å²) in [5.74, 6) is -1.34. The lowest BCUT2D eigenvalue weighted by molar-refractivity contribution is 0.0697. The number of carbonyl (C=O) groups is 1. The van der Waals surface area contributed by atoms with Crippen molar-refractivity contribution < 1.29 is 18.3 Å². The van der Waals surface area contributed by atoms with Crippen LogP contribution < -0.4 is 4.72 Å². The molecule has 0 radical (unpaired) electrons. The average Bonchev–Trinajstić information content (AvgIpc) is 2.36. The molecule has 0 spiro atoms. The Morgan fingerprint density at radius 2 is 1.95 bits per heavy atom. The molecular formula is C12H16Cl2N2O4S. The van der Waals surface area contributed by atoms with Gasteiger partial charge in [-0.2, -0.15) is 0 Å². The Balaban J connectivity index is 3.00. The Morgan fingerprint density at radius 3 is 2.48 bits per heavy atom. The van der Waals surface area contributed by atoms with Gasteiger partial charge >= 0.3 is 5.97 Å². The van der Waals surface area contributed by atoms with Gasteiger partial charge in [0.15, 0.2) is 0 Å². The van der Waals surface area contributed by atoms with Crippen molar-refractivity contribution in [3.8, 4) is 0 Å². The van der Waals surface area contributed by atoms with Gasteiger partial charge in [-0.25, -0.2) is 17.9 Å². The van der Waals surface area contributed by atoms with Crippen LogP contribution in [0, 0.1) is 0 Å². The standard InChI is InChI=1S/C12H16Cl2N2O4S/c1-16(2)5-3-4-15-21(19,20)10-7-8(13)6-9(11(10)14)12(17)18/h6-7,15H,3-5H2,1-2H3,(H,17,18). The number of nitrogens with zero attached hydrogens (tertiary/aromatic N) is 1. The van der Waals surface area contributed by atoms with Gasteiger partial charge in [-0.05, 0) is 39.2 Å². The fraction of sp³-hybridized carbons (Fsp3) is 0.417. The first kappa shape index (κ1) is 18.2. The molecule has 1 rings (SSSR count). The summed E-state index contributed by atoms with van der Waals surface area (Å²) in [5.41, 5.74) is -0.349. The minimum Gasteiger partial charge on any atom is -0.478 e. The third kappa shape index (κ3) is 5.12. The number of halogens is 2. The highest BCUT2D eigenvalue weighted by atomic mass is 35.5. The van der Waals surface area contributed by atoms with E-state index in [0.29, 0.717) is 13.0 Å². The molecule has 6 nitrogen and oxygen atoms in total. The number of carboxylic acids is 1. The first-order chi connectivity index (χ1) is 9.65. The van der Waals surface area contributed by atoms with E-state index in [9.17, 15) is 13.2 Å². The fourth-order valence-electron chi connectivity index (χ4n) is 1.59. The van der Waals surface area contributed by atoms with Crippen molar-refractivity contribution in [1.82, 2.24) is 9.62 Å². The van der Waals surface area contributed by atoms with Crippen molar-refractivity contribution in [2.75, 3.05) is 27.2 Å². The largest absolute Gasteiger partial charge is 0.478 e. The Labute approximate surface area is 133 Å². The van der Waals surface area contributed by atoms with E-state index in [1.54, 1.807) is 0 Å². The minimum absolute atomic E-state index is 0.00883. The second kappa shape index (κ2) is 7.42. The van der Waals surface area contributed by atoms with E-state index in [1.165, 1.54) is 0 Å². The molecule has 0 saturated heterocycles. The van der Waals surface area contributed by atoms with Gasteiger partial charge in [0.1, 0.15) is 4.90 Å². The van der Waals surface area contributed by atoms with Crippen molar-refractivity contribution in [3.05, 3.63) is 27.7 Å². The molecule has 118 valence electrons. The summed E-state index contributed by atoms with van der Waals surface area (Å²) >= 11 is 11.6. The lowest BCUT2D eigenvalue weighted by Crippen LogP contribution is -2.27. The zero-order valence-corrected chi connectivity index (χ0v) is 13.9. The van der Waals surface area contributed by atoms with Crippen molar-refractivity contribution in [1.29, 1.82) is 0 Å². The van der Waals surface area contributed by atoms with Gasteiger partial charge in [-0.1, -0.05) is 23.2 Å². The van der Waals surface area contributed by atoms with E-state index in [1.807, 2.05) is 19.0 Å². The van der Waals surface area contributed by atoms with E-state index in [-0.39, 0.29) is 27.0 Å². The molecule has 0 aliphatic rings. The number of nitrogens with one attached hydrogen (secondary N) is 1. The highest BCUT2D eigenvalue weighted by Gasteiger charge is 2.23. The predicted octanol–water partition coefficient (Wildman–Crippen LogP) is 1.92. The van der Waals surface area contributed by atoms with Crippen molar-refractivity contribution in [3.63, 3.8) is 0 Å². The van der Waals surface area contributed by atoms with Gasteiger partial charge < -0.3 is 10.0 Å². The monoisotopic (exact) mass is 354 g/mol. The lowest BCUT2D eigenvalue weighted by Gasteiger charge is -2.12. The second-order valence-corrected chi connectivity index (χ2v) is 7.17. The molecule has 0 unspecified atom stereocenters. The molecule has 21 heavy (non-hydrogen) atoms. The molecule has 0 saturated carbocycles. The molecule has 1 aromatic carbocycles. The first-order valence-corrected chi connectivity index (χ1v) is 8.26. The quantitative estimate of drug-likeness (QED) is 0.730. The molecule has 0 atom stereocenters. The summed E-state index contributed by atoms with van der Waals surface area (Å²) in [6.07, 6.45) is 0.607. The van der Waals surface area contributed by atoms with Crippen molar-refractivity contribution in [2.24, 2.45) is 0 Å². The highest BCUT2D eigenvalue weighted by Crippen LogP contribution is 2.29. The van der Waals surface area contributed by atoms with E-state index in [2.05, 4.69) is 4.72 Å². The summed E-state index contributed by atoms with van der Waals surface area (Å²) in [7, 11) is -0.163. The van der Waals surface area contributed by atoms with Crippen LogP contribution in [0.25, 0.3) is 0 Å². The van der Waals surface area contributed by atoms with Crippen LogP contribution in [-0.2, 0) is 10.0 Å². The topological polar surface area (TPSA) is 86.7 Å². The summed E-state index contributed by atoms with van der Waals surface area (Å²) in [6, 6.07) is 2.24. The third-order valence-corrected chi connectivity index (χ3v) is 4.82. The van der Waals surface area contributed by atoms with E-state index < -0.39 is 16.0 Å². The van der Waals surface area contributed by atoms with Crippen LogP contribution in [0.5, 0.6) is 0 Å². The van der Waals surface area contributed by atoms with Gasteiger partial charge in [-0.3, -0.25) is 0 Å². The van der Waals surface area contributed by atoms with Gasteiger partial charge in [0.25, 0.3) is 0 Å². The Kier molecular flexibility index (Phi) is 6.42. The molecule has 0 heterocycles.